The number of rotatable bonds is 9. The molecule has 4 aromatic rings. The number of carbonyl (C=O) groups excluding carboxylic acids is 1. The van der Waals surface area contributed by atoms with Crippen LogP contribution in [-0.2, 0) is 22.7 Å². The third-order valence-electron chi connectivity index (χ3n) is 4.36. The molecule has 0 bridgehead atoms. The van der Waals surface area contributed by atoms with Gasteiger partial charge in [-0.3, -0.25) is 0 Å². The van der Waals surface area contributed by atoms with Gasteiger partial charge in [-0.15, -0.1) is 0 Å². The zero-order valence-electron chi connectivity index (χ0n) is 16.9. The second-order valence-corrected chi connectivity index (χ2v) is 6.71. The first kappa shape index (κ1) is 21.0. The van der Waals surface area contributed by atoms with Crippen molar-refractivity contribution in [2.24, 2.45) is 0 Å². The molecule has 0 radical (unpaired) electrons. The number of halogens is 1. The maximum absolute atomic E-state index is 13.0. The summed E-state index contributed by atoms with van der Waals surface area (Å²) in [7, 11) is 0. The molecule has 32 heavy (non-hydrogen) atoms. The van der Waals surface area contributed by atoms with Gasteiger partial charge in [0.2, 0.25) is 5.82 Å². The van der Waals surface area contributed by atoms with E-state index in [4.69, 9.17) is 18.7 Å². The molecule has 0 unspecified atom stereocenters. The predicted octanol–water partition coefficient (Wildman–Crippen LogP) is 4.58. The summed E-state index contributed by atoms with van der Waals surface area (Å²) >= 11 is 0. The van der Waals surface area contributed by atoms with Crippen LogP contribution in [0.1, 0.15) is 11.5 Å². The van der Waals surface area contributed by atoms with E-state index in [9.17, 15) is 9.18 Å². The van der Waals surface area contributed by atoms with E-state index < -0.39 is 5.97 Å². The van der Waals surface area contributed by atoms with Crippen molar-refractivity contribution in [3.05, 3.63) is 96.1 Å². The normalized spacial score (nSPS) is 10.5. The molecule has 7 nitrogen and oxygen atoms in total. The van der Waals surface area contributed by atoms with Gasteiger partial charge in [-0.2, -0.15) is 4.98 Å². The van der Waals surface area contributed by atoms with Crippen LogP contribution in [0.25, 0.3) is 11.4 Å². The fourth-order valence-corrected chi connectivity index (χ4v) is 2.73. The van der Waals surface area contributed by atoms with Crippen molar-refractivity contribution in [2.45, 2.75) is 13.2 Å². The SMILES string of the molecule is O=C(COc1ccc(OCc2ccccc2)cc1)OCc1nc(-c2ccc(F)cc2)no1. The lowest BCUT2D eigenvalue weighted by Crippen LogP contribution is -2.14. The largest absolute Gasteiger partial charge is 0.489 e. The van der Waals surface area contributed by atoms with E-state index in [-0.39, 0.29) is 30.7 Å². The van der Waals surface area contributed by atoms with Crippen molar-refractivity contribution in [3.63, 3.8) is 0 Å². The Balaban J connectivity index is 1.20. The number of hydrogen-bond donors (Lipinski definition) is 0. The van der Waals surface area contributed by atoms with Crippen LogP contribution in [0.4, 0.5) is 4.39 Å². The van der Waals surface area contributed by atoms with Gasteiger partial charge >= 0.3 is 5.97 Å². The van der Waals surface area contributed by atoms with Gasteiger partial charge in [-0.25, -0.2) is 9.18 Å². The maximum Gasteiger partial charge on any atom is 0.344 e. The summed E-state index contributed by atoms with van der Waals surface area (Å²) in [6.07, 6.45) is 0. The first-order chi connectivity index (χ1) is 15.7. The number of hydrogen-bond acceptors (Lipinski definition) is 7. The minimum Gasteiger partial charge on any atom is -0.489 e. The molecule has 8 heteroatoms. The summed E-state index contributed by atoms with van der Waals surface area (Å²) in [6, 6.07) is 22.4. The van der Waals surface area contributed by atoms with Crippen molar-refractivity contribution >= 4 is 5.97 Å². The molecule has 4 rings (SSSR count). The average Bonchev–Trinajstić information content (AvgIpc) is 3.31. The third-order valence-corrected chi connectivity index (χ3v) is 4.36. The zero-order valence-corrected chi connectivity index (χ0v) is 16.9. The Hall–Kier alpha value is -4.20. The smallest absolute Gasteiger partial charge is 0.344 e. The van der Waals surface area contributed by atoms with Crippen LogP contribution in [0, 0.1) is 5.82 Å². The van der Waals surface area contributed by atoms with Gasteiger partial charge in [0.1, 0.15) is 23.9 Å². The highest BCUT2D eigenvalue weighted by Gasteiger charge is 2.12. The molecule has 0 fully saturated rings. The van der Waals surface area contributed by atoms with E-state index in [1.807, 2.05) is 30.3 Å². The Morgan fingerprint density at radius 2 is 1.53 bits per heavy atom. The Kier molecular flexibility index (Phi) is 6.72. The summed E-state index contributed by atoms with van der Waals surface area (Å²) in [4.78, 5) is 16.0. The number of carbonyl (C=O) groups is 1. The molecule has 1 aromatic heterocycles. The average molecular weight is 434 g/mol. The van der Waals surface area contributed by atoms with Gasteiger partial charge in [0.05, 0.1) is 0 Å². The Labute approximate surface area is 183 Å². The molecular weight excluding hydrogens is 415 g/mol. The van der Waals surface area contributed by atoms with Crippen molar-refractivity contribution in [2.75, 3.05) is 6.61 Å². The summed E-state index contributed by atoms with van der Waals surface area (Å²) in [6.45, 7) is -0.00224. The van der Waals surface area contributed by atoms with Gasteiger partial charge in [0, 0.05) is 5.56 Å². The van der Waals surface area contributed by atoms with E-state index in [1.165, 1.54) is 24.3 Å². The molecule has 0 N–H and O–H groups in total. The summed E-state index contributed by atoms with van der Waals surface area (Å²) in [5.74, 6) is 0.652. The van der Waals surface area contributed by atoms with Crippen LogP contribution >= 0.6 is 0 Å². The molecule has 0 saturated carbocycles. The van der Waals surface area contributed by atoms with Crippen LogP contribution in [0.3, 0.4) is 0 Å². The van der Waals surface area contributed by atoms with Crippen LogP contribution in [0.5, 0.6) is 11.5 Å². The second kappa shape index (κ2) is 10.2. The monoisotopic (exact) mass is 434 g/mol. The van der Waals surface area contributed by atoms with E-state index >= 15 is 0 Å². The van der Waals surface area contributed by atoms with Crippen LogP contribution in [0.15, 0.2) is 83.4 Å². The molecule has 0 spiro atoms. The van der Waals surface area contributed by atoms with E-state index in [2.05, 4.69) is 10.1 Å². The van der Waals surface area contributed by atoms with Gasteiger partial charge in [0.15, 0.2) is 13.2 Å². The van der Waals surface area contributed by atoms with Crippen LogP contribution in [0.2, 0.25) is 0 Å². The summed E-state index contributed by atoms with van der Waals surface area (Å²) in [5, 5.41) is 3.79. The van der Waals surface area contributed by atoms with E-state index in [0.717, 1.165) is 5.56 Å². The van der Waals surface area contributed by atoms with Crippen molar-refractivity contribution in [3.8, 4) is 22.9 Å². The second-order valence-electron chi connectivity index (χ2n) is 6.71. The molecule has 0 amide bonds. The van der Waals surface area contributed by atoms with Crippen LogP contribution < -0.4 is 9.47 Å². The molecule has 162 valence electrons. The predicted molar refractivity (Wildman–Crippen MR) is 112 cm³/mol. The van der Waals surface area contributed by atoms with Gasteiger partial charge in [-0.1, -0.05) is 35.5 Å². The number of nitrogens with zero attached hydrogens (tertiary/aromatic N) is 2. The van der Waals surface area contributed by atoms with Crippen molar-refractivity contribution in [1.82, 2.24) is 10.1 Å². The molecule has 1 heterocycles. The minimum absolute atomic E-state index is 0.123. The van der Waals surface area contributed by atoms with Crippen molar-refractivity contribution in [1.29, 1.82) is 0 Å². The number of benzene rings is 3. The molecule has 0 saturated heterocycles. The number of aromatic nitrogens is 2. The Morgan fingerprint density at radius 3 is 2.25 bits per heavy atom. The lowest BCUT2D eigenvalue weighted by atomic mass is 10.2. The molecule has 3 aromatic carbocycles. The highest BCUT2D eigenvalue weighted by molar-refractivity contribution is 5.71. The Bertz CT molecular complexity index is 1150. The van der Waals surface area contributed by atoms with E-state index in [1.54, 1.807) is 24.3 Å². The first-order valence-corrected chi connectivity index (χ1v) is 9.79. The van der Waals surface area contributed by atoms with Crippen molar-refractivity contribution < 1.29 is 27.9 Å². The van der Waals surface area contributed by atoms with E-state index in [0.29, 0.717) is 23.7 Å². The number of esters is 1. The minimum atomic E-state index is -0.587. The molecule has 0 atom stereocenters. The fourth-order valence-electron chi connectivity index (χ4n) is 2.73. The zero-order chi connectivity index (χ0) is 22.2. The standard InChI is InChI=1S/C24H19FN2O5/c25-19-8-6-18(7-9-19)24-26-22(32-27-24)15-31-23(28)16-30-21-12-10-20(11-13-21)29-14-17-4-2-1-3-5-17/h1-13H,14-16H2. The molecule has 0 aliphatic rings. The fraction of sp³-hybridized carbons (Fsp3) is 0.125. The Morgan fingerprint density at radius 1 is 0.844 bits per heavy atom. The highest BCUT2D eigenvalue weighted by Crippen LogP contribution is 2.19. The lowest BCUT2D eigenvalue weighted by molar-refractivity contribution is -0.148. The van der Waals surface area contributed by atoms with Gasteiger partial charge in [-0.05, 0) is 54.1 Å². The molecule has 0 aliphatic heterocycles. The number of ether oxygens (including phenoxy) is 3. The topological polar surface area (TPSA) is 83.7 Å². The van der Waals surface area contributed by atoms with Gasteiger partial charge in [0.25, 0.3) is 5.89 Å². The van der Waals surface area contributed by atoms with Gasteiger partial charge < -0.3 is 18.7 Å². The highest BCUT2D eigenvalue weighted by atomic mass is 19.1. The third kappa shape index (κ3) is 5.91. The lowest BCUT2D eigenvalue weighted by Gasteiger charge is -2.08. The first-order valence-electron chi connectivity index (χ1n) is 9.79. The quantitative estimate of drug-likeness (QED) is 0.357. The maximum atomic E-state index is 13.0. The van der Waals surface area contributed by atoms with Crippen LogP contribution in [-0.4, -0.2) is 22.7 Å². The summed E-state index contributed by atoms with van der Waals surface area (Å²) < 4.78 is 34.3. The summed E-state index contributed by atoms with van der Waals surface area (Å²) in [5.41, 5.74) is 1.66. The molecular formula is C24H19FN2O5. The molecule has 0 aliphatic carbocycles.